The molecule has 1 aromatic rings. The Hall–Kier alpha value is -1.02. The van der Waals surface area contributed by atoms with Crippen molar-refractivity contribution in [2.45, 2.75) is 31.7 Å². The Morgan fingerprint density at radius 3 is 3.07 bits per heavy atom. The van der Waals surface area contributed by atoms with Gasteiger partial charge in [-0.1, -0.05) is 25.2 Å². The molecule has 0 aliphatic heterocycles. The predicted molar refractivity (Wildman–Crippen MR) is 63.1 cm³/mol. The summed E-state index contributed by atoms with van der Waals surface area (Å²) in [7, 11) is 0. The van der Waals surface area contributed by atoms with Gasteiger partial charge in [0.2, 0.25) is 0 Å². The standard InChI is InChI=1S/C12H15ClN2/c1-2-10-7-14-15(8-10)9-11-3-5-12(13)6-4-11/h3-5,7-8,12H,2,6,9H2,1H3. The first-order valence-corrected chi connectivity index (χ1v) is 5.74. The Kier molecular flexibility index (Phi) is 3.27. The monoisotopic (exact) mass is 222 g/mol. The van der Waals surface area contributed by atoms with Gasteiger partial charge in [0.1, 0.15) is 0 Å². The number of halogens is 1. The minimum absolute atomic E-state index is 0.164. The van der Waals surface area contributed by atoms with Crippen molar-refractivity contribution in [2.24, 2.45) is 0 Å². The van der Waals surface area contributed by atoms with E-state index in [0.717, 1.165) is 19.4 Å². The van der Waals surface area contributed by atoms with Crippen molar-refractivity contribution >= 4 is 11.6 Å². The fourth-order valence-electron chi connectivity index (χ4n) is 1.62. The van der Waals surface area contributed by atoms with E-state index in [0.29, 0.717) is 0 Å². The molecule has 0 fully saturated rings. The maximum Gasteiger partial charge on any atom is 0.0656 e. The van der Waals surface area contributed by atoms with Crippen LogP contribution in [-0.4, -0.2) is 15.2 Å². The van der Waals surface area contributed by atoms with Crippen LogP contribution in [-0.2, 0) is 13.0 Å². The first-order chi connectivity index (χ1) is 7.28. The lowest BCUT2D eigenvalue weighted by Crippen LogP contribution is -2.04. The molecule has 1 aliphatic carbocycles. The zero-order valence-electron chi connectivity index (χ0n) is 8.86. The third-order valence-corrected chi connectivity index (χ3v) is 2.89. The summed E-state index contributed by atoms with van der Waals surface area (Å²) in [6.07, 6.45) is 12.3. The molecule has 2 nitrogen and oxygen atoms in total. The quantitative estimate of drug-likeness (QED) is 0.720. The lowest BCUT2D eigenvalue weighted by Gasteiger charge is -2.10. The van der Waals surface area contributed by atoms with Gasteiger partial charge in [-0.3, -0.25) is 4.68 Å². The van der Waals surface area contributed by atoms with E-state index in [2.05, 4.69) is 30.4 Å². The highest BCUT2D eigenvalue weighted by Gasteiger charge is 2.05. The van der Waals surface area contributed by atoms with E-state index >= 15 is 0 Å². The number of rotatable bonds is 3. The average molecular weight is 223 g/mol. The number of nitrogens with zero attached hydrogens (tertiary/aromatic N) is 2. The number of hydrogen-bond acceptors (Lipinski definition) is 1. The fraction of sp³-hybridized carbons (Fsp3) is 0.417. The van der Waals surface area contributed by atoms with Gasteiger partial charge >= 0.3 is 0 Å². The van der Waals surface area contributed by atoms with Gasteiger partial charge in [-0.15, -0.1) is 11.6 Å². The molecule has 1 unspecified atom stereocenters. The van der Waals surface area contributed by atoms with Crippen LogP contribution in [0, 0.1) is 0 Å². The topological polar surface area (TPSA) is 17.8 Å². The molecule has 15 heavy (non-hydrogen) atoms. The summed E-state index contributed by atoms with van der Waals surface area (Å²) in [4.78, 5) is 0. The Balaban J connectivity index is 2.00. The maximum atomic E-state index is 5.96. The molecule has 1 heterocycles. The average Bonchev–Trinajstić information content (AvgIpc) is 2.69. The molecule has 0 saturated heterocycles. The van der Waals surface area contributed by atoms with Gasteiger partial charge < -0.3 is 0 Å². The molecular formula is C12H15ClN2. The van der Waals surface area contributed by atoms with Crippen LogP contribution in [0.3, 0.4) is 0 Å². The predicted octanol–water partition coefficient (Wildman–Crippen LogP) is 2.94. The molecule has 0 amide bonds. The molecule has 2 rings (SSSR count). The van der Waals surface area contributed by atoms with E-state index in [9.17, 15) is 0 Å². The lowest BCUT2D eigenvalue weighted by molar-refractivity contribution is 0.680. The zero-order chi connectivity index (χ0) is 10.7. The summed E-state index contributed by atoms with van der Waals surface area (Å²) in [6.45, 7) is 2.99. The first kappa shape index (κ1) is 10.5. The molecule has 0 saturated carbocycles. The summed E-state index contributed by atoms with van der Waals surface area (Å²) in [5.41, 5.74) is 2.57. The summed E-state index contributed by atoms with van der Waals surface area (Å²) in [5, 5.41) is 4.47. The molecule has 80 valence electrons. The molecule has 0 N–H and O–H groups in total. The maximum absolute atomic E-state index is 5.96. The Labute approximate surface area is 95.2 Å². The minimum Gasteiger partial charge on any atom is -0.268 e. The molecule has 0 spiro atoms. The van der Waals surface area contributed by atoms with Gasteiger partial charge in [-0.2, -0.15) is 5.10 Å². The van der Waals surface area contributed by atoms with Crippen molar-refractivity contribution in [3.8, 4) is 0 Å². The number of aryl methyl sites for hydroxylation is 1. The van der Waals surface area contributed by atoms with Crippen molar-refractivity contribution in [2.75, 3.05) is 0 Å². The number of alkyl halides is 1. The second kappa shape index (κ2) is 4.67. The van der Waals surface area contributed by atoms with Gasteiger partial charge in [0.05, 0.1) is 18.1 Å². The lowest BCUT2D eigenvalue weighted by atomic mass is 10.1. The van der Waals surface area contributed by atoms with Gasteiger partial charge in [0, 0.05) is 6.20 Å². The van der Waals surface area contributed by atoms with Crippen LogP contribution in [0.15, 0.2) is 36.2 Å². The highest BCUT2D eigenvalue weighted by atomic mass is 35.5. The van der Waals surface area contributed by atoms with Crippen LogP contribution < -0.4 is 0 Å². The fourth-order valence-corrected chi connectivity index (χ4v) is 1.78. The van der Waals surface area contributed by atoms with E-state index < -0.39 is 0 Å². The molecule has 3 heteroatoms. The largest absolute Gasteiger partial charge is 0.268 e. The van der Waals surface area contributed by atoms with Crippen LogP contribution in [0.25, 0.3) is 0 Å². The SMILES string of the molecule is CCc1cnn(CC2=CCC(Cl)C=C2)c1. The van der Waals surface area contributed by atoms with Crippen molar-refractivity contribution in [1.82, 2.24) is 9.78 Å². The van der Waals surface area contributed by atoms with Crippen LogP contribution in [0.2, 0.25) is 0 Å². The van der Waals surface area contributed by atoms with E-state index in [1.807, 2.05) is 17.0 Å². The summed E-state index contributed by atoms with van der Waals surface area (Å²) < 4.78 is 1.98. The van der Waals surface area contributed by atoms with E-state index in [4.69, 9.17) is 11.6 Å². The Bertz CT molecular complexity index is 390. The van der Waals surface area contributed by atoms with Crippen molar-refractivity contribution in [3.05, 3.63) is 41.8 Å². The van der Waals surface area contributed by atoms with E-state index in [1.54, 1.807) is 0 Å². The van der Waals surface area contributed by atoms with Gasteiger partial charge in [0.25, 0.3) is 0 Å². The zero-order valence-corrected chi connectivity index (χ0v) is 9.61. The first-order valence-electron chi connectivity index (χ1n) is 5.30. The second-order valence-corrected chi connectivity index (χ2v) is 4.35. The Morgan fingerprint density at radius 2 is 2.47 bits per heavy atom. The highest BCUT2D eigenvalue weighted by Crippen LogP contribution is 2.16. The minimum atomic E-state index is 0.164. The summed E-state index contributed by atoms with van der Waals surface area (Å²) in [5.74, 6) is 0. The van der Waals surface area contributed by atoms with Gasteiger partial charge in [-0.05, 0) is 24.0 Å². The number of aromatic nitrogens is 2. The van der Waals surface area contributed by atoms with Crippen LogP contribution in [0.1, 0.15) is 18.9 Å². The van der Waals surface area contributed by atoms with Gasteiger partial charge in [0.15, 0.2) is 0 Å². The molecule has 0 aromatic carbocycles. The molecule has 1 aromatic heterocycles. The van der Waals surface area contributed by atoms with Gasteiger partial charge in [-0.25, -0.2) is 0 Å². The van der Waals surface area contributed by atoms with Crippen molar-refractivity contribution < 1.29 is 0 Å². The third-order valence-electron chi connectivity index (χ3n) is 2.56. The number of hydrogen-bond donors (Lipinski definition) is 0. The summed E-state index contributed by atoms with van der Waals surface area (Å²) in [6, 6.07) is 0. The van der Waals surface area contributed by atoms with E-state index in [1.165, 1.54) is 11.1 Å². The molecular weight excluding hydrogens is 208 g/mol. The van der Waals surface area contributed by atoms with Crippen LogP contribution >= 0.6 is 11.6 Å². The van der Waals surface area contributed by atoms with Crippen LogP contribution in [0.4, 0.5) is 0 Å². The van der Waals surface area contributed by atoms with Crippen LogP contribution in [0.5, 0.6) is 0 Å². The van der Waals surface area contributed by atoms with E-state index in [-0.39, 0.29) is 5.38 Å². The smallest absolute Gasteiger partial charge is 0.0656 e. The third kappa shape index (κ3) is 2.72. The molecule has 0 radical (unpaired) electrons. The molecule has 0 bridgehead atoms. The molecule has 1 aliphatic rings. The second-order valence-electron chi connectivity index (χ2n) is 3.79. The molecule has 1 atom stereocenters. The van der Waals surface area contributed by atoms with Crippen molar-refractivity contribution in [1.29, 1.82) is 0 Å². The number of allylic oxidation sites excluding steroid dienone is 4. The normalized spacial score (nSPS) is 20.4. The van der Waals surface area contributed by atoms with Crippen molar-refractivity contribution in [3.63, 3.8) is 0 Å². The summed E-state index contributed by atoms with van der Waals surface area (Å²) >= 11 is 5.96. The highest BCUT2D eigenvalue weighted by molar-refractivity contribution is 6.22. The Morgan fingerprint density at radius 1 is 1.60 bits per heavy atom.